The van der Waals surface area contributed by atoms with Crippen molar-refractivity contribution >= 4 is 11.6 Å². The minimum absolute atomic E-state index is 0.388. The molecule has 1 saturated carbocycles. The van der Waals surface area contributed by atoms with Crippen LogP contribution in [0.5, 0.6) is 0 Å². The summed E-state index contributed by atoms with van der Waals surface area (Å²) in [5.74, 6) is 1.35. The summed E-state index contributed by atoms with van der Waals surface area (Å²) in [7, 11) is 0. The lowest BCUT2D eigenvalue weighted by molar-refractivity contribution is 0.147. The van der Waals surface area contributed by atoms with Gasteiger partial charge in [-0.1, -0.05) is 61.9 Å². The summed E-state index contributed by atoms with van der Waals surface area (Å²) in [5, 5.41) is 1.14. The van der Waals surface area contributed by atoms with Gasteiger partial charge in [0.25, 0.3) is 0 Å². The Morgan fingerprint density at radius 2 is 2.04 bits per heavy atom. The van der Waals surface area contributed by atoms with Crippen LogP contribution < -0.4 is 0 Å². The topological polar surface area (TPSA) is 3.24 Å². The Labute approximate surface area is 145 Å². The molecule has 2 fully saturated rings. The molecule has 4 rings (SSSR count). The molecular formula is C21H26ClN. The zero-order valence-corrected chi connectivity index (χ0v) is 14.9. The van der Waals surface area contributed by atoms with Gasteiger partial charge in [0.15, 0.2) is 0 Å². The standard InChI is InChI=1S/C21H26ClN/c1-15-11-18-17(9-6-10-20(18)22)19-13-23(14-21(15,19)2)12-16-7-4-3-5-8-16/h3-5,7-9,15,19H,6,10-14H2,1-2H3/t15-,19-,21+/m0/s1. The van der Waals surface area contributed by atoms with Crippen LogP contribution in [-0.4, -0.2) is 18.0 Å². The lowest BCUT2D eigenvalue weighted by Crippen LogP contribution is -2.40. The first-order chi connectivity index (χ1) is 11.1. The predicted molar refractivity (Wildman–Crippen MR) is 97.3 cm³/mol. The lowest BCUT2D eigenvalue weighted by Gasteiger charge is -2.45. The first kappa shape index (κ1) is 15.5. The molecule has 1 aromatic carbocycles. The molecule has 3 aliphatic rings. The van der Waals surface area contributed by atoms with Gasteiger partial charge >= 0.3 is 0 Å². The van der Waals surface area contributed by atoms with E-state index in [0.29, 0.717) is 17.3 Å². The molecule has 1 aliphatic heterocycles. The Morgan fingerprint density at radius 1 is 1.26 bits per heavy atom. The van der Waals surface area contributed by atoms with Crippen molar-refractivity contribution in [2.24, 2.45) is 17.3 Å². The number of rotatable bonds is 2. The number of likely N-dealkylation sites (tertiary alicyclic amines) is 1. The van der Waals surface area contributed by atoms with Crippen molar-refractivity contribution in [3.63, 3.8) is 0 Å². The minimum Gasteiger partial charge on any atom is -0.298 e. The summed E-state index contributed by atoms with van der Waals surface area (Å²) >= 11 is 6.58. The predicted octanol–water partition coefficient (Wildman–Crippen LogP) is 5.38. The van der Waals surface area contributed by atoms with Crippen LogP contribution in [0.25, 0.3) is 0 Å². The Balaban J connectivity index is 1.62. The van der Waals surface area contributed by atoms with E-state index in [2.05, 4.69) is 55.2 Å². The van der Waals surface area contributed by atoms with Crippen molar-refractivity contribution < 1.29 is 0 Å². The maximum absolute atomic E-state index is 6.58. The Hall–Kier alpha value is -1.05. The van der Waals surface area contributed by atoms with E-state index in [0.717, 1.165) is 30.8 Å². The molecule has 0 bridgehead atoms. The third-order valence-corrected chi connectivity index (χ3v) is 6.88. The van der Waals surface area contributed by atoms with Crippen molar-refractivity contribution in [3.8, 4) is 0 Å². The molecular weight excluding hydrogens is 302 g/mol. The summed E-state index contributed by atoms with van der Waals surface area (Å²) < 4.78 is 0. The second-order valence-corrected chi connectivity index (χ2v) is 8.36. The molecule has 0 N–H and O–H groups in total. The molecule has 1 saturated heterocycles. The second-order valence-electron chi connectivity index (χ2n) is 7.90. The van der Waals surface area contributed by atoms with E-state index in [1.54, 1.807) is 5.57 Å². The van der Waals surface area contributed by atoms with E-state index in [1.165, 1.54) is 24.2 Å². The third-order valence-electron chi connectivity index (χ3n) is 6.47. The summed E-state index contributed by atoms with van der Waals surface area (Å²) in [4.78, 5) is 2.66. The summed E-state index contributed by atoms with van der Waals surface area (Å²) in [6.07, 6.45) is 5.82. The zero-order chi connectivity index (χ0) is 16.0. The number of nitrogens with zero attached hydrogens (tertiary/aromatic N) is 1. The molecule has 0 amide bonds. The van der Waals surface area contributed by atoms with Crippen LogP contribution in [0.4, 0.5) is 0 Å². The van der Waals surface area contributed by atoms with Crippen LogP contribution in [0.3, 0.4) is 0 Å². The molecule has 122 valence electrons. The highest BCUT2D eigenvalue weighted by molar-refractivity contribution is 6.30. The minimum atomic E-state index is 0.388. The van der Waals surface area contributed by atoms with Gasteiger partial charge in [0.2, 0.25) is 0 Å². The van der Waals surface area contributed by atoms with Crippen molar-refractivity contribution in [1.82, 2.24) is 4.90 Å². The van der Waals surface area contributed by atoms with Crippen LogP contribution in [0.2, 0.25) is 0 Å². The van der Waals surface area contributed by atoms with Crippen molar-refractivity contribution in [3.05, 3.63) is 58.1 Å². The van der Waals surface area contributed by atoms with Crippen molar-refractivity contribution in [2.75, 3.05) is 13.1 Å². The number of allylic oxidation sites excluding steroid dienone is 3. The molecule has 1 aromatic rings. The molecule has 2 heteroatoms. The van der Waals surface area contributed by atoms with Crippen LogP contribution >= 0.6 is 11.6 Å². The molecule has 0 radical (unpaired) electrons. The molecule has 0 spiro atoms. The van der Waals surface area contributed by atoms with Gasteiger partial charge in [-0.05, 0) is 47.3 Å². The smallest absolute Gasteiger partial charge is 0.0234 e. The van der Waals surface area contributed by atoms with Gasteiger partial charge in [-0.2, -0.15) is 0 Å². The number of hydrogen-bond donors (Lipinski definition) is 0. The molecule has 23 heavy (non-hydrogen) atoms. The second kappa shape index (κ2) is 5.79. The highest BCUT2D eigenvalue weighted by atomic mass is 35.5. The summed E-state index contributed by atoms with van der Waals surface area (Å²) in [6, 6.07) is 10.9. The van der Waals surface area contributed by atoms with Crippen molar-refractivity contribution in [2.45, 2.75) is 39.7 Å². The summed E-state index contributed by atoms with van der Waals surface area (Å²) in [6.45, 7) is 8.39. The van der Waals surface area contributed by atoms with Gasteiger partial charge in [0.1, 0.15) is 0 Å². The monoisotopic (exact) mass is 327 g/mol. The Morgan fingerprint density at radius 3 is 2.83 bits per heavy atom. The van der Waals surface area contributed by atoms with Gasteiger partial charge in [-0.3, -0.25) is 4.90 Å². The van der Waals surface area contributed by atoms with Crippen LogP contribution in [0, 0.1) is 17.3 Å². The SMILES string of the molecule is C[C@H]1CC2=C(Cl)CCC=C2[C@@H]2CN(Cc3ccccc3)C[C@]12C. The molecule has 0 aromatic heterocycles. The van der Waals surface area contributed by atoms with Gasteiger partial charge in [0, 0.05) is 30.6 Å². The van der Waals surface area contributed by atoms with Crippen LogP contribution in [0.1, 0.15) is 38.7 Å². The van der Waals surface area contributed by atoms with Gasteiger partial charge in [0.05, 0.1) is 0 Å². The van der Waals surface area contributed by atoms with Gasteiger partial charge in [-0.15, -0.1) is 0 Å². The average molecular weight is 328 g/mol. The van der Waals surface area contributed by atoms with E-state index in [9.17, 15) is 0 Å². The Bertz CT molecular complexity index is 660. The van der Waals surface area contributed by atoms with E-state index < -0.39 is 0 Å². The maximum atomic E-state index is 6.58. The van der Waals surface area contributed by atoms with Crippen LogP contribution in [-0.2, 0) is 6.54 Å². The lowest BCUT2D eigenvalue weighted by atomic mass is 9.59. The van der Waals surface area contributed by atoms with E-state index in [1.807, 2.05) is 0 Å². The normalized spacial score (nSPS) is 34.1. The quantitative estimate of drug-likeness (QED) is 0.705. The zero-order valence-electron chi connectivity index (χ0n) is 14.2. The molecule has 2 aliphatic carbocycles. The van der Waals surface area contributed by atoms with E-state index >= 15 is 0 Å². The highest BCUT2D eigenvalue weighted by Crippen LogP contribution is 2.56. The molecule has 0 unspecified atom stereocenters. The molecule has 1 nitrogen and oxygen atoms in total. The number of benzene rings is 1. The fourth-order valence-electron chi connectivity index (χ4n) is 4.94. The van der Waals surface area contributed by atoms with Gasteiger partial charge < -0.3 is 0 Å². The van der Waals surface area contributed by atoms with E-state index in [-0.39, 0.29) is 0 Å². The first-order valence-electron chi connectivity index (χ1n) is 8.92. The third kappa shape index (κ3) is 2.58. The number of fused-ring (bicyclic) bond motifs is 3. The molecule has 1 heterocycles. The maximum Gasteiger partial charge on any atom is 0.0234 e. The highest BCUT2D eigenvalue weighted by Gasteiger charge is 2.51. The van der Waals surface area contributed by atoms with Crippen molar-refractivity contribution in [1.29, 1.82) is 0 Å². The fourth-order valence-corrected chi connectivity index (χ4v) is 5.24. The molecule has 3 atom stereocenters. The number of hydrogen-bond acceptors (Lipinski definition) is 1. The fraction of sp³-hybridized carbons (Fsp3) is 0.524. The first-order valence-corrected chi connectivity index (χ1v) is 9.30. The van der Waals surface area contributed by atoms with Crippen LogP contribution in [0.15, 0.2) is 52.6 Å². The van der Waals surface area contributed by atoms with Gasteiger partial charge in [-0.25, -0.2) is 0 Å². The number of halogens is 1. The average Bonchev–Trinajstić information content (AvgIpc) is 2.88. The summed E-state index contributed by atoms with van der Waals surface area (Å²) in [5.41, 5.74) is 4.87. The van der Waals surface area contributed by atoms with E-state index in [4.69, 9.17) is 11.6 Å². The largest absolute Gasteiger partial charge is 0.298 e. The Kier molecular flexibility index (Phi) is 3.90.